The summed E-state index contributed by atoms with van der Waals surface area (Å²) < 4.78 is 5.52. The van der Waals surface area contributed by atoms with Gasteiger partial charge in [-0.05, 0) is 58.2 Å². The molecule has 0 bridgehead atoms. The first-order chi connectivity index (χ1) is 8.95. The molecule has 106 valence electrons. The van der Waals surface area contributed by atoms with Gasteiger partial charge in [0.2, 0.25) is 0 Å². The lowest BCUT2D eigenvalue weighted by Crippen LogP contribution is -2.49. The van der Waals surface area contributed by atoms with E-state index in [1.807, 2.05) is 6.92 Å². The molecule has 1 aromatic carbocycles. The maximum absolute atomic E-state index is 5.52. The van der Waals surface area contributed by atoms with Crippen LogP contribution in [0.3, 0.4) is 0 Å². The molecule has 0 radical (unpaired) electrons. The zero-order chi connectivity index (χ0) is 13.9. The molecule has 19 heavy (non-hydrogen) atoms. The smallest absolute Gasteiger partial charge is 0.119 e. The molecule has 2 rings (SSSR count). The molecular formula is C17H27NO. The highest BCUT2D eigenvalue weighted by molar-refractivity contribution is 5.34. The van der Waals surface area contributed by atoms with Gasteiger partial charge in [-0.1, -0.05) is 18.6 Å². The second kappa shape index (κ2) is 5.54. The Balaban J connectivity index is 2.08. The van der Waals surface area contributed by atoms with Gasteiger partial charge in [0.1, 0.15) is 5.75 Å². The summed E-state index contributed by atoms with van der Waals surface area (Å²) in [5, 5.41) is 3.67. The van der Waals surface area contributed by atoms with Crippen molar-refractivity contribution in [3.63, 3.8) is 0 Å². The topological polar surface area (TPSA) is 21.3 Å². The van der Waals surface area contributed by atoms with E-state index in [9.17, 15) is 0 Å². The van der Waals surface area contributed by atoms with Crippen molar-refractivity contribution in [3.05, 3.63) is 29.8 Å². The van der Waals surface area contributed by atoms with E-state index >= 15 is 0 Å². The number of nitrogens with one attached hydrogen (secondary N) is 1. The number of hydrogen-bond acceptors (Lipinski definition) is 2. The highest BCUT2D eigenvalue weighted by atomic mass is 16.5. The fourth-order valence-corrected chi connectivity index (χ4v) is 2.68. The fraction of sp³-hybridized carbons (Fsp3) is 0.647. The Labute approximate surface area is 117 Å². The van der Waals surface area contributed by atoms with Crippen molar-refractivity contribution < 1.29 is 4.74 Å². The Kier molecular flexibility index (Phi) is 4.19. The second-order valence-electron chi connectivity index (χ2n) is 6.69. The van der Waals surface area contributed by atoms with Crippen LogP contribution in [0.5, 0.6) is 5.75 Å². The lowest BCUT2D eigenvalue weighted by atomic mass is 9.64. The maximum atomic E-state index is 5.52. The molecule has 1 fully saturated rings. The summed E-state index contributed by atoms with van der Waals surface area (Å²) in [5.74, 6) is 0.976. The molecule has 2 nitrogen and oxygen atoms in total. The molecule has 0 aromatic heterocycles. The summed E-state index contributed by atoms with van der Waals surface area (Å²) in [7, 11) is 0. The SMILES string of the molecule is CCOc1ccc(C2(CNC(C)(C)C)CCC2)cc1. The predicted molar refractivity (Wildman–Crippen MR) is 80.9 cm³/mol. The van der Waals surface area contributed by atoms with Gasteiger partial charge in [-0.15, -0.1) is 0 Å². The Hall–Kier alpha value is -1.02. The number of rotatable bonds is 5. The van der Waals surface area contributed by atoms with Crippen LogP contribution >= 0.6 is 0 Å². The van der Waals surface area contributed by atoms with Gasteiger partial charge in [0.25, 0.3) is 0 Å². The Morgan fingerprint density at radius 1 is 1.16 bits per heavy atom. The molecule has 0 spiro atoms. The fourth-order valence-electron chi connectivity index (χ4n) is 2.68. The highest BCUT2D eigenvalue weighted by Gasteiger charge is 2.39. The molecule has 1 aliphatic rings. The van der Waals surface area contributed by atoms with Gasteiger partial charge in [-0.25, -0.2) is 0 Å². The molecule has 0 amide bonds. The minimum atomic E-state index is 0.188. The lowest BCUT2D eigenvalue weighted by molar-refractivity contribution is 0.213. The zero-order valence-corrected chi connectivity index (χ0v) is 12.8. The Bertz CT molecular complexity index is 398. The van der Waals surface area contributed by atoms with Gasteiger partial charge in [0, 0.05) is 17.5 Å². The van der Waals surface area contributed by atoms with Crippen molar-refractivity contribution >= 4 is 0 Å². The van der Waals surface area contributed by atoms with E-state index in [1.165, 1.54) is 24.8 Å². The van der Waals surface area contributed by atoms with Crippen LogP contribution in [0.4, 0.5) is 0 Å². The number of benzene rings is 1. The number of hydrogen-bond donors (Lipinski definition) is 1. The van der Waals surface area contributed by atoms with E-state index < -0.39 is 0 Å². The van der Waals surface area contributed by atoms with Crippen molar-refractivity contribution in [2.24, 2.45) is 0 Å². The second-order valence-corrected chi connectivity index (χ2v) is 6.69. The van der Waals surface area contributed by atoms with Crippen molar-refractivity contribution in [1.82, 2.24) is 5.32 Å². The van der Waals surface area contributed by atoms with Crippen LogP contribution in [0.2, 0.25) is 0 Å². The Morgan fingerprint density at radius 3 is 2.21 bits per heavy atom. The summed E-state index contributed by atoms with van der Waals surface area (Å²) in [6.07, 6.45) is 3.94. The van der Waals surface area contributed by atoms with E-state index in [-0.39, 0.29) is 5.54 Å². The highest BCUT2D eigenvalue weighted by Crippen LogP contribution is 2.43. The van der Waals surface area contributed by atoms with Crippen LogP contribution in [-0.4, -0.2) is 18.7 Å². The third-order valence-electron chi connectivity index (χ3n) is 4.05. The molecule has 1 aromatic rings. The predicted octanol–water partition coefficient (Wildman–Crippen LogP) is 3.90. The quantitative estimate of drug-likeness (QED) is 0.868. The normalized spacial score (nSPS) is 17.9. The van der Waals surface area contributed by atoms with Crippen LogP contribution in [0, 0.1) is 0 Å². The third kappa shape index (κ3) is 3.50. The Morgan fingerprint density at radius 2 is 1.79 bits per heavy atom. The molecule has 1 saturated carbocycles. The summed E-state index contributed by atoms with van der Waals surface area (Å²) in [6, 6.07) is 8.70. The minimum Gasteiger partial charge on any atom is -0.494 e. The largest absolute Gasteiger partial charge is 0.494 e. The summed E-state index contributed by atoms with van der Waals surface area (Å²) >= 11 is 0. The van der Waals surface area contributed by atoms with Gasteiger partial charge in [-0.2, -0.15) is 0 Å². The van der Waals surface area contributed by atoms with Gasteiger partial charge in [0.15, 0.2) is 0 Å². The molecule has 0 heterocycles. The molecule has 1 N–H and O–H groups in total. The standard InChI is InChI=1S/C17H27NO/c1-5-19-15-9-7-14(8-10-15)17(11-6-12-17)13-18-16(2,3)4/h7-10,18H,5-6,11-13H2,1-4H3. The van der Waals surface area contributed by atoms with Crippen LogP contribution in [0.1, 0.15) is 52.5 Å². The first kappa shape index (κ1) is 14.4. The molecular weight excluding hydrogens is 234 g/mol. The van der Waals surface area contributed by atoms with Crippen LogP contribution in [0.15, 0.2) is 24.3 Å². The van der Waals surface area contributed by atoms with Crippen LogP contribution < -0.4 is 10.1 Å². The van der Waals surface area contributed by atoms with Gasteiger partial charge in [0.05, 0.1) is 6.61 Å². The molecule has 0 atom stereocenters. The monoisotopic (exact) mass is 261 g/mol. The lowest BCUT2D eigenvalue weighted by Gasteiger charge is -2.44. The van der Waals surface area contributed by atoms with E-state index in [1.54, 1.807) is 0 Å². The average molecular weight is 261 g/mol. The first-order valence-electron chi connectivity index (χ1n) is 7.44. The van der Waals surface area contributed by atoms with Crippen molar-refractivity contribution in [2.45, 2.75) is 57.9 Å². The zero-order valence-electron chi connectivity index (χ0n) is 12.8. The third-order valence-corrected chi connectivity index (χ3v) is 4.05. The van der Waals surface area contributed by atoms with E-state index in [0.29, 0.717) is 5.41 Å². The van der Waals surface area contributed by atoms with Gasteiger partial charge < -0.3 is 10.1 Å². The van der Waals surface area contributed by atoms with Gasteiger partial charge >= 0.3 is 0 Å². The summed E-state index contributed by atoms with van der Waals surface area (Å²) in [6.45, 7) is 10.5. The molecule has 0 saturated heterocycles. The molecule has 0 aliphatic heterocycles. The average Bonchev–Trinajstić information content (AvgIpc) is 2.28. The van der Waals surface area contributed by atoms with Crippen LogP contribution in [-0.2, 0) is 5.41 Å². The van der Waals surface area contributed by atoms with E-state index in [0.717, 1.165) is 18.9 Å². The van der Waals surface area contributed by atoms with E-state index in [4.69, 9.17) is 4.74 Å². The molecule has 2 heteroatoms. The summed E-state index contributed by atoms with van der Waals surface area (Å²) in [5.41, 5.74) is 1.99. The van der Waals surface area contributed by atoms with Crippen molar-refractivity contribution in [2.75, 3.05) is 13.2 Å². The van der Waals surface area contributed by atoms with Crippen LogP contribution in [0.25, 0.3) is 0 Å². The van der Waals surface area contributed by atoms with Crippen molar-refractivity contribution in [3.8, 4) is 5.75 Å². The molecule has 0 unspecified atom stereocenters. The molecule has 1 aliphatic carbocycles. The minimum absolute atomic E-state index is 0.188. The van der Waals surface area contributed by atoms with Crippen molar-refractivity contribution in [1.29, 1.82) is 0 Å². The maximum Gasteiger partial charge on any atom is 0.119 e. The number of ether oxygens (including phenoxy) is 1. The van der Waals surface area contributed by atoms with Gasteiger partial charge in [-0.3, -0.25) is 0 Å². The summed E-state index contributed by atoms with van der Waals surface area (Å²) in [4.78, 5) is 0. The first-order valence-corrected chi connectivity index (χ1v) is 7.44. The van der Waals surface area contributed by atoms with E-state index in [2.05, 4.69) is 50.4 Å².